The van der Waals surface area contributed by atoms with E-state index in [9.17, 15) is 22.8 Å². The third-order valence-corrected chi connectivity index (χ3v) is 6.06. The number of primary sulfonamides is 1. The van der Waals surface area contributed by atoms with Crippen LogP contribution in [0.15, 0.2) is 58.2 Å². The minimum absolute atomic E-state index is 0.00533. The Morgan fingerprint density at radius 3 is 2.26 bits per heavy atom. The van der Waals surface area contributed by atoms with Gasteiger partial charge in [0.1, 0.15) is 0 Å². The topological polar surface area (TPSA) is 150 Å². The molecule has 2 aromatic carbocycles. The first kappa shape index (κ1) is 25.1. The Morgan fingerprint density at radius 1 is 1.06 bits per heavy atom. The molecule has 0 bridgehead atoms. The summed E-state index contributed by atoms with van der Waals surface area (Å²) in [6.07, 6.45) is -0.666. The summed E-state index contributed by atoms with van der Waals surface area (Å²) in [5.74, 6) is -1.32. The lowest BCUT2D eigenvalue weighted by atomic mass is 10.1. The number of amides is 1. The number of aromatic nitrogens is 2. The molecule has 0 aliphatic carbocycles. The summed E-state index contributed by atoms with van der Waals surface area (Å²) in [5.41, 5.74) is 0.437. The lowest BCUT2D eigenvalue weighted by molar-refractivity contribution is -0.129. The van der Waals surface area contributed by atoms with Gasteiger partial charge in [0.25, 0.3) is 11.5 Å². The molecule has 0 saturated heterocycles. The number of carbonyl (C=O) groups excluding carboxylic acids is 2. The van der Waals surface area contributed by atoms with Crippen molar-refractivity contribution in [1.29, 1.82) is 0 Å². The molecule has 180 valence electrons. The van der Waals surface area contributed by atoms with E-state index in [1.807, 2.05) is 0 Å². The van der Waals surface area contributed by atoms with Crippen molar-refractivity contribution in [3.05, 3.63) is 70.1 Å². The normalized spacial score (nSPS) is 12.5. The van der Waals surface area contributed by atoms with Gasteiger partial charge in [-0.3, -0.25) is 9.59 Å². The van der Waals surface area contributed by atoms with E-state index in [0.717, 1.165) is 5.56 Å². The van der Waals surface area contributed by atoms with Gasteiger partial charge >= 0.3 is 5.97 Å². The van der Waals surface area contributed by atoms with Crippen molar-refractivity contribution in [1.82, 2.24) is 15.1 Å². The Balaban J connectivity index is 1.65. The van der Waals surface area contributed by atoms with Crippen LogP contribution in [0.5, 0.6) is 0 Å². The van der Waals surface area contributed by atoms with Crippen LogP contribution in [0.3, 0.4) is 0 Å². The molecular formula is C23H26N4O6S. The second kappa shape index (κ2) is 10.1. The minimum Gasteiger partial charge on any atom is -0.448 e. The lowest BCUT2D eigenvalue weighted by Gasteiger charge is -2.16. The summed E-state index contributed by atoms with van der Waals surface area (Å²) in [6.45, 7) is 5.23. The molecule has 0 spiro atoms. The Morgan fingerprint density at radius 2 is 1.68 bits per heavy atom. The van der Waals surface area contributed by atoms with Crippen molar-refractivity contribution in [3.8, 4) is 0 Å². The molecule has 0 aliphatic rings. The molecule has 1 amide bonds. The number of hydrogen-bond acceptors (Lipinski definition) is 7. The largest absolute Gasteiger partial charge is 0.448 e. The number of ether oxygens (including phenoxy) is 1. The summed E-state index contributed by atoms with van der Waals surface area (Å²) in [5, 5.41) is 12.6. The predicted molar refractivity (Wildman–Crippen MR) is 126 cm³/mol. The van der Waals surface area contributed by atoms with Crippen LogP contribution >= 0.6 is 0 Å². The van der Waals surface area contributed by atoms with E-state index in [4.69, 9.17) is 9.88 Å². The standard InChI is InChI=1S/C23H26N4O6S/c1-14(2)27-22(29)19-7-5-4-6-18(19)20(26-27)23(30)33-15(3)21(28)25-13-12-16-8-10-17(11-9-16)34(24,31)32/h4-11,14-15H,12-13H2,1-3H3,(H,25,28)(H2,24,31,32). The quantitative estimate of drug-likeness (QED) is 0.458. The van der Waals surface area contributed by atoms with Crippen LogP contribution in [-0.4, -0.2) is 42.7 Å². The third kappa shape index (κ3) is 5.67. The van der Waals surface area contributed by atoms with Crippen LogP contribution in [0.4, 0.5) is 0 Å². The number of benzene rings is 2. The molecule has 1 heterocycles. The summed E-state index contributed by atoms with van der Waals surface area (Å²) in [7, 11) is -3.77. The van der Waals surface area contributed by atoms with E-state index < -0.39 is 28.0 Å². The maximum absolute atomic E-state index is 12.8. The molecular weight excluding hydrogens is 460 g/mol. The summed E-state index contributed by atoms with van der Waals surface area (Å²) < 4.78 is 29.2. The lowest BCUT2D eigenvalue weighted by Crippen LogP contribution is -2.37. The van der Waals surface area contributed by atoms with Crippen LogP contribution in [0.2, 0.25) is 0 Å². The van der Waals surface area contributed by atoms with Gasteiger partial charge in [0, 0.05) is 11.9 Å². The fourth-order valence-electron chi connectivity index (χ4n) is 3.30. The van der Waals surface area contributed by atoms with Crippen molar-refractivity contribution >= 4 is 32.7 Å². The molecule has 3 N–H and O–H groups in total. The van der Waals surface area contributed by atoms with E-state index in [1.54, 1.807) is 50.2 Å². The van der Waals surface area contributed by atoms with Crippen molar-refractivity contribution in [3.63, 3.8) is 0 Å². The number of nitrogens with zero attached hydrogens (tertiary/aromatic N) is 2. The highest BCUT2D eigenvalue weighted by Gasteiger charge is 2.23. The molecule has 3 rings (SSSR count). The summed E-state index contributed by atoms with van der Waals surface area (Å²) in [6, 6.07) is 12.3. The number of fused-ring (bicyclic) bond motifs is 1. The molecule has 0 saturated carbocycles. The first-order chi connectivity index (χ1) is 16.0. The Hall–Kier alpha value is -3.57. The van der Waals surface area contributed by atoms with Gasteiger partial charge in [0.2, 0.25) is 10.0 Å². The monoisotopic (exact) mass is 486 g/mol. The van der Waals surface area contributed by atoms with Gasteiger partial charge in [-0.25, -0.2) is 23.0 Å². The second-order valence-electron chi connectivity index (χ2n) is 8.02. The van der Waals surface area contributed by atoms with Crippen molar-refractivity contribution in [2.75, 3.05) is 6.54 Å². The van der Waals surface area contributed by atoms with Gasteiger partial charge in [-0.2, -0.15) is 5.10 Å². The van der Waals surface area contributed by atoms with Crippen molar-refractivity contribution in [2.45, 2.75) is 44.2 Å². The van der Waals surface area contributed by atoms with E-state index in [0.29, 0.717) is 17.2 Å². The van der Waals surface area contributed by atoms with Gasteiger partial charge in [-0.05, 0) is 51.0 Å². The second-order valence-corrected chi connectivity index (χ2v) is 9.58. The maximum Gasteiger partial charge on any atom is 0.360 e. The highest BCUT2D eigenvalue weighted by Crippen LogP contribution is 2.16. The molecule has 1 aromatic heterocycles. The van der Waals surface area contributed by atoms with Crippen LogP contribution in [0.25, 0.3) is 10.8 Å². The number of sulfonamides is 1. The highest BCUT2D eigenvalue weighted by atomic mass is 32.2. The summed E-state index contributed by atoms with van der Waals surface area (Å²) in [4.78, 5) is 37.9. The molecule has 10 nitrogen and oxygen atoms in total. The maximum atomic E-state index is 12.8. The molecule has 0 aliphatic heterocycles. The molecule has 3 aromatic rings. The van der Waals surface area contributed by atoms with Gasteiger partial charge in [-0.1, -0.05) is 30.3 Å². The zero-order valence-electron chi connectivity index (χ0n) is 19.0. The number of nitrogens with two attached hydrogens (primary N) is 1. The van der Waals surface area contributed by atoms with Crippen LogP contribution in [0.1, 0.15) is 42.9 Å². The molecule has 11 heteroatoms. The Kier molecular flexibility index (Phi) is 7.48. The van der Waals surface area contributed by atoms with E-state index in [2.05, 4.69) is 10.4 Å². The zero-order chi connectivity index (χ0) is 25.0. The third-order valence-electron chi connectivity index (χ3n) is 5.13. The highest BCUT2D eigenvalue weighted by molar-refractivity contribution is 7.89. The molecule has 34 heavy (non-hydrogen) atoms. The summed E-state index contributed by atoms with van der Waals surface area (Å²) >= 11 is 0. The van der Waals surface area contributed by atoms with Crippen LogP contribution in [0, 0.1) is 0 Å². The Labute approximate surface area is 196 Å². The number of hydrogen-bond donors (Lipinski definition) is 2. The van der Waals surface area contributed by atoms with Gasteiger partial charge < -0.3 is 10.1 Å². The average Bonchev–Trinajstić information content (AvgIpc) is 2.78. The number of esters is 1. The van der Waals surface area contributed by atoms with Crippen molar-refractivity contribution < 1.29 is 22.7 Å². The predicted octanol–water partition coefficient (Wildman–Crippen LogP) is 1.53. The van der Waals surface area contributed by atoms with Crippen LogP contribution < -0.4 is 16.0 Å². The average molecular weight is 487 g/mol. The van der Waals surface area contributed by atoms with Gasteiger partial charge in [0.05, 0.1) is 16.3 Å². The minimum atomic E-state index is -3.77. The first-order valence-corrected chi connectivity index (χ1v) is 12.2. The molecule has 0 fully saturated rings. The fourth-order valence-corrected chi connectivity index (χ4v) is 3.81. The first-order valence-electron chi connectivity index (χ1n) is 10.6. The molecule has 1 atom stereocenters. The smallest absolute Gasteiger partial charge is 0.360 e. The SMILES string of the molecule is CC(OC(=O)c1nn(C(C)C)c(=O)c2ccccc12)C(=O)NCCc1ccc(S(N)(=O)=O)cc1. The number of carbonyl (C=O) groups is 2. The number of nitrogens with one attached hydrogen (secondary N) is 1. The van der Waals surface area contributed by atoms with Crippen molar-refractivity contribution in [2.24, 2.45) is 5.14 Å². The molecule has 1 unspecified atom stereocenters. The van der Waals surface area contributed by atoms with Gasteiger partial charge in [0.15, 0.2) is 11.8 Å². The number of rotatable bonds is 8. The van der Waals surface area contributed by atoms with Gasteiger partial charge in [-0.15, -0.1) is 0 Å². The fraction of sp³-hybridized carbons (Fsp3) is 0.304. The molecule has 0 radical (unpaired) electrons. The van der Waals surface area contributed by atoms with E-state index in [-0.39, 0.29) is 28.7 Å². The van der Waals surface area contributed by atoms with E-state index >= 15 is 0 Å². The Bertz CT molecular complexity index is 1380. The van der Waals surface area contributed by atoms with Crippen LogP contribution in [-0.2, 0) is 26.0 Å². The zero-order valence-corrected chi connectivity index (χ0v) is 19.8. The van der Waals surface area contributed by atoms with E-state index in [1.165, 1.54) is 23.7 Å².